The van der Waals surface area contributed by atoms with Crippen molar-refractivity contribution >= 4 is 5.97 Å². The number of methoxy groups -OCH3 is 1. The van der Waals surface area contributed by atoms with Gasteiger partial charge >= 0.3 is 5.97 Å². The van der Waals surface area contributed by atoms with Gasteiger partial charge < -0.3 is 14.9 Å². The number of allylic oxidation sites excluding steroid dienone is 1. The fraction of sp³-hybridized carbons (Fsp3) is 0.688. The van der Waals surface area contributed by atoms with Crippen LogP contribution in [0.3, 0.4) is 0 Å². The summed E-state index contributed by atoms with van der Waals surface area (Å²) in [5.74, 6) is 2.10. The Bertz CT molecular complexity index is 448. The molecule has 0 aromatic heterocycles. The lowest BCUT2D eigenvalue weighted by molar-refractivity contribution is -0.136. The van der Waals surface area contributed by atoms with E-state index < -0.39 is 12.1 Å². The zero-order valence-electron chi connectivity index (χ0n) is 11.8. The van der Waals surface area contributed by atoms with Gasteiger partial charge in [-0.25, -0.2) is 0 Å². The molecule has 4 heteroatoms. The number of terminal acetylenes is 1. The number of carboxylic acids is 1. The molecule has 0 spiro atoms. The van der Waals surface area contributed by atoms with E-state index in [0.717, 1.165) is 12.8 Å². The molecule has 0 aromatic carbocycles. The molecule has 0 saturated heterocycles. The number of aliphatic hydroxyl groups excluding tert-OH is 1. The van der Waals surface area contributed by atoms with Crippen molar-refractivity contribution in [3.05, 3.63) is 11.6 Å². The van der Waals surface area contributed by atoms with Gasteiger partial charge in [-0.2, -0.15) is 0 Å². The lowest BCUT2D eigenvalue weighted by Gasteiger charge is -2.58. The van der Waals surface area contributed by atoms with Crippen molar-refractivity contribution in [2.75, 3.05) is 13.7 Å². The first-order chi connectivity index (χ1) is 9.55. The molecule has 2 fully saturated rings. The van der Waals surface area contributed by atoms with Gasteiger partial charge in [0.25, 0.3) is 0 Å². The van der Waals surface area contributed by atoms with Crippen LogP contribution >= 0.6 is 0 Å². The Labute approximate surface area is 119 Å². The van der Waals surface area contributed by atoms with Crippen molar-refractivity contribution < 1.29 is 19.7 Å². The second-order valence-electron chi connectivity index (χ2n) is 5.86. The smallest absolute Gasteiger partial charge is 0.303 e. The molecule has 110 valence electrons. The van der Waals surface area contributed by atoms with E-state index >= 15 is 0 Å². The lowest BCUT2D eigenvalue weighted by atomic mass is 9.47. The van der Waals surface area contributed by atoms with Gasteiger partial charge in [-0.3, -0.25) is 4.79 Å². The number of rotatable bonds is 5. The van der Waals surface area contributed by atoms with Crippen molar-refractivity contribution in [3.63, 3.8) is 0 Å². The van der Waals surface area contributed by atoms with E-state index in [1.165, 1.54) is 5.57 Å². The molecule has 2 aliphatic carbocycles. The summed E-state index contributed by atoms with van der Waals surface area (Å²) >= 11 is 0. The third kappa shape index (κ3) is 2.48. The number of hydrogen-bond donors (Lipinski definition) is 2. The van der Waals surface area contributed by atoms with Crippen molar-refractivity contribution in [2.45, 2.75) is 38.2 Å². The van der Waals surface area contributed by atoms with E-state index in [9.17, 15) is 9.90 Å². The fourth-order valence-electron chi connectivity index (χ4n) is 3.83. The summed E-state index contributed by atoms with van der Waals surface area (Å²) in [6.45, 7) is 0.599. The summed E-state index contributed by atoms with van der Waals surface area (Å²) in [5.41, 5.74) is 1.18. The summed E-state index contributed by atoms with van der Waals surface area (Å²) in [5, 5.41) is 18.7. The standard InChI is InChI=1S/C16H22O4/c1-3-12-13-9-11(5-4-6-15(18)19)16(13,10-20-2)8-7-14(12)17/h1,5,12-14,17H,4,6-10H2,2H3,(H,18,19). The minimum atomic E-state index is -0.779. The molecule has 4 atom stereocenters. The van der Waals surface area contributed by atoms with Crippen molar-refractivity contribution in [1.29, 1.82) is 0 Å². The second kappa shape index (κ2) is 5.99. The van der Waals surface area contributed by atoms with E-state index in [0.29, 0.717) is 19.4 Å². The van der Waals surface area contributed by atoms with Crippen LogP contribution < -0.4 is 0 Å². The normalized spacial score (nSPS) is 37.9. The topological polar surface area (TPSA) is 66.8 Å². The highest BCUT2D eigenvalue weighted by molar-refractivity contribution is 5.66. The Morgan fingerprint density at radius 2 is 2.40 bits per heavy atom. The number of fused-ring (bicyclic) bond motifs is 1. The summed E-state index contributed by atoms with van der Waals surface area (Å²) in [6.07, 6.45) is 10.3. The predicted octanol–water partition coefficient (Wildman–Crippen LogP) is 1.83. The SMILES string of the molecule is C#CC1C(O)CCC2(COC)C(=CCCC(=O)O)CC12. The minimum absolute atomic E-state index is 0.0798. The molecular weight excluding hydrogens is 256 g/mol. The number of carbonyl (C=O) groups is 1. The highest BCUT2D eigenvalue weighted by Crippen LogP contribution is 2.61. The van der Waals surface area contributed by atoms with E-state index in [-0.39, 0.29) is 23.7 Å². The first-order valence-electron chi connectivity index (χ1n) is 7.09. The van der Waals surface area contributed by atoms with Gasteiger partial charge in [-0.15, -0.1) is 12.3 Å². The van der Waals surface area contributed by atoms with E-state index in [2.05, 4.69) is 5.92 Å². The second-order valence-corrected chi connectivity index (χ2v) is 5.86. The Morgan fingerprint density at radius 3 is 3.00 bits per heavy atom. The minimum Gasteiger partial charge on any atom is -0.481 e. The zero-order valence-corrected chi connectivity index (χ0v) is 11.8. The Kier molecular flexibility index (Phi) is 4.52. The van der Waals surface area contributed by atoms with Gasteiger partial charge in [0.15, 0.2) is 0 Å². The zero-order chi connectivity index (χ0) is 14.8. The van der Waals surface area contributed by atoms with Crippen LogP contribution in [0.5, 0.6) is 0 Å². The maximum Gasteiger partial charge on any atom is 0.303 e. The first kappa shape index (κ1) is 15.1. The molecular formula is C16H22O4. The molecule has 2 saturated carbocycles. The lowest BCUT2D eigenvalue weighted by Crippen LogP contribution is -2.55. The maximum absolute atomic E-state index is 10.6. The van der Waals surface area contributed by atoms with Crippen LogP contribution in [0.15, 0.2) is 11.6 Å². The molecule has 2 rings (SSSR count). The van der Waals surface area contributed by atoms with Crippen LogP contribution in [-0.4, -0.2) is 36.0 Å². The van der Waals surface area contributed by atoms with Crippen LogP contribution in [0.1, 0.15) is 32.1 Å². The van der Waals surface area contributed by atoms with E-state index in [4.69, 9.17) is 16.3 Å². The Balaban J connectivity index is 2.15. The van der Waals surface area contributed by atoms with Crippen molar-refractivity contribution in [3.8, 4) is 12.3 Å². The molecule has 2 aliphatic rings. The molecule has 0 radical (unpaired) electrons. The molecule has 4 unspecified atom stereocenters. The fourth-order valence-corrected chi connectivity index (χ4v) is 3.83. The molecule has 0 aromatic rings. The maximum atomic E-state index is 10.6. The van der Waals surface area contributed by atoms with Crippen LogP contribution in [0.2, 0.25) is 0 Å². The number of carboxylic acid groups (broad SMARTS) is 1. The molecule has 4 nitrogen and oxygen atoms in total. The molecule has 0 bridgehead atoms. The van der Waals surface area contributed by atoms with Gasteiger partial charge in [0.1, 0.15) is 0 Å². The number of hydrogen-bond acceptors (Lipinski definition) is 3. The Morgan fingerprint density at radius 1 is 1.65 bits per heavy atom. The summed E-state index contributed by atoms with van der Waals surface area (Å²) in [6, 6.07) is 0. The molecule has 20 heavy (non-hydrogen) atoms. The average Bonchev–Trinajstić information content (AvgIpc) is 2.39. The summed E-state index contributed by atoms with van der Waals surface area (Å²) in [7, 11) is 1.68. The number of aliphatic carboxylic acids is 1. The van der Waals surface area contributed by atoms with Crippen molar-refractivity contribution in [1.82, 2.24) is 0 Å². The largest absolute Gasteiger partial charge is 0.481 e. The molecule has 2 N–H and O–H groups in total. The highest BCUT2D eigenvalue weighted by atomic mass is 16.5. The molecule has 0 aliphatic heterocycles. The third-order valence-electron chi connectivity index (χ3n) is 4.87. The van der Waals surface area contributed by atoms with Gasteiger partial charge in [-0.1, -0.05) is 11.6 Å². The molecule has 0 amide bonds. The van der Waals surface area contributed by atoms with E-state index in [1.807, 2.05) is 6.08 Å². The average molecular weight is 278 g/mol. The highest BCUT2D eigenvalue weighted by Gasteiger charge is 2.57. The van der Waals surface area contributed by atoms with Crippen molar-refractivity contribution in [2.24, 2.45) is 17.3 Å². The van der Waals surface area contributed by atoms with E-state index in [1.54, 1.807) is 7.11 Å². The van der Waals surface area contributed by atoms with Gasteiger partial charge in [-0.05, 0) is 31.6 Å². The monoisotopic (exact) mass is 278 g/mol. The third-order valence-corrected chi connectivity index (χ3v) is 4.87. The van der Waals surface area contributed by atoms with Crippen LogP contribution in [0.4, 0.5) is 0 Å². The predicted molar refractivity (Wildman–Crippen MR) is 74.9 cm³/mol. The quantitative estimate of drug-likeness (QED) is 0.595. The van der Waals surface area contributed by atoms with Gasteiger partial charge in [0.05, 0.1) is 12.7 Å². The molecule has 0 heterocycles. The summed E-state index contributed by atoms with van der Waals surface area (Å²) in [4.78, 5) is 10.6. The summed E-state index contributed by atoms with van der Waals surface area (Å²) < 4.78 is 5.38. The number of aliphatic hydroxyl groups is 1. The van der Waals surface area contributed by atoms with Crippen LogP contribution in [0.25, 0.3) is 0 Å². The first-order valence-corrected chi connectivity index (χ1v) is 7.09. The van der Waals surface area contributed by atoms with Crippen LogP contribution in [-0.2, 0) is 9.53 Å². The van der Waals surface area contributed by atoms with Crippen LogP contribution in [0, 0.1) is 29.6 Å². The number of ether oxygens (including phenoxy) is 1. The Hall–Kier alpha value is -1.31. The van der Waals surface area contributed by atoms with Gasteiger partial charge in [0, 0.05) is 24.9 Å². The van der Waals surface area contributed by atoms with Gasteiger partial charge in [0.2, 0.25) is 0 Å².